The lowest BCUT2D eigenvalue weighted by Gasteiger charge is -2.36. The van der Waals surface area contributed by atoms with Gasteiger partial charge in [-0.3, -0.25) is 9.69 Å². The Bertz CT molecular complexity index is 859. The van der Waals surface area contributed by atoms with E-state index in [1.807, 2.05) is 26.0 Å². The molecule has 0 spiro atoms. The number of rotatable bonds is 7. The summed E-state index contributed by atoms with van der Waals surface area (Å²) in [5.74, 6) is -0.257. The summed E-state index contributed by atoms with van der Waals surface area (Å²) >= 11 is 5.91. The zero-order chi connectivity index (χ0) is 20.4. The Hall–Kier alpha value is -2.18. The van der Waals surface area contributed by atoms with Crippen LogP contribution >= 0.6 is 11.6 Å². The maximum absolute atomic E-state index is 12.8. The minimum absolute atomic E-state index is 0.0362. The lowest BCUT2D eigenvalue weighted by molar-refractivity contribution is -0.147. The zero-order valence-corrected chi connectivity index (χ0v) is 16.5. The predicted molar refractivity (Wildman–Crippen MR) is 103 cm³/mol. The number of benzene rings is 2. The molecule has 1 aliphatic rings. The molecule has 1 fully saturated rings. The van der Waals surface area contributed by atoms with Gasteiger partial charge >= 0.3 is 5.97 Å². The highest BCUT2D eigenvalue weighted by molar-refractivity contribution is 6.31. The van der Waals surface area contributed by atoms with Crippen LogP contribution in [-0.4, -0.2) is 29.1 Å². The topological polar surface area (TPSA) is 49.8 Å². The summed E-state index contributed by atoms with van der Waals surface area (Å²) in [5.41, 5.74) is 3.59. The van der Waals surface area contributed by atoms with Crippen molar-refractivity contribution in [2.75, 3.05) is 13.1 Å². The Morgan fingerprint density at radius 3 is 2.39 bits per heavy atom. The summed E-state index contributed by atoms with van der Waals surface area (Å²) in [6.07, 6.45) is -2.60. The van der Waals surface area contributed by atoms with Gasteiger partial charge in [-0.2, -0.15) is 0 Å². The lowest BCUT2D eigenvalue weighted by atomic mass is 9.98. The molecule has 1 N–H and O–H groups in total. The van der Waals surface area contributed by atoms with Crippen molar-refractivity contribution < 1.29 is 23.4 Å². The molecular formula is C21H22ClF2NO3. The van der Waals surface area contributed by atoms with E-state index >= 15 is 0 Å². The summed E-state index contributed by atoms with van der Waals surface area (Å²) in [6, 6.07) is 8.48. The van der Waals surface area contributed by atoms with E-state index in [-0.39, 0.29) is 23.1 Å². The Kier molecular flexibility index (Phi) is 6.20. The molecule has 4 nitrogen and oxygen atoms in total. The number of halogens is 3. The van der Waals surface area contributed by atoms with Gasteiger partial charge in [-0.1, -0.05) is 35.9 Å². The van der Waals surface area contributed by atoms with E-state index in [0.717, 1.165) is 28.0 Å². The fourth-order valence-electron chi connectivity index (χ4n) is 3.47. The van der Waals surface area contributed by atoms with Gasteiger partial charge in [-0.25, -0.2) is 8.78 Å². The van der Waals surface area contributed by atoms with E-state index in [4.69, 9.17) is 21.4 Å². The molecule has 7 heteroatoms. The molecule has 1 heterocycles. The first-order chi connectivity index (χ1) is 13.2. The average Bonchev–Trinajstić information content (AvgIpc) is 2.56. The highest BCUT2D eigenvalue weighted by Crippen LogP contribution is 2.30. The van der Waals surface area contributed by atoms with E-state index in [9.17, 15) is 13.6 Å². The van der Waals surface area contributed by atoms with Crippen molar-refractivity contribution in [1.29, 1.82) is 0 Å². The van der Waals surface area contributed by atoms with Crippen molar-refractivity contribution in [3.8, 4) is 5.75 Å². The second-order valence-electron chi connectivity index (χ2n) is 7.23. The Balaban J connectivity index is 1.63. The van der Waals surface area contributed by atoms with E-state index in [2.05, 4.69) is 4.90 Å². The van der Waals surface area contributed by atoms with Crippen LogP contribution in [0.15, 0.2) is 30.3 Å². The predicted octanol–water partition coefficient (Wildman–Crippen LogP) is 4.99. The van der Waals surface area contributed by atoms with Gasteiger partial charge in [-0.15, -0.1) is 0 Å². The summed E-state index contributed by atoms with van der Waals surface area (Å²) in [5, 5.41) is 9.00. The third kappa shape index (κ3) is 4.62. The molecule has 0 aliphatic carbocycles. The number of aliphatic carboxylic acids is 1. The van der Waals surface area contributed by atoms with Gasteiger partial charge in [0.25, 0.3) is 6.43 Å². The molecule has 0 atom stereocenters. The Labute approximate surface area is 167 Å². The van der Waals surface area contributed by atoms with Crippen molar-refractivity contribution in [2.45, 2.75) is 33.4 Å². The summed E-state index contributed by atoms with van der Waals surface area (Å²) in [7, 11) is 0. The third-order valence-corrected chi connectivity index (χ3v) is 5.24. The second-order valence-corrected chi connectivity index (χ2v) is 7.64. The Morgan fingerprint density at radius 1 is 1.21 bits per heavy atom. The van der Waals surface area contributed by atoms with Gasteiger partial charge in [0.2, 0.25) is 0 Å². The fraction of sp³-hybridized carbons (Fsp3) is 0.381. The maximum Gasteiger partial charge on any atom is 0.309 e. The van der Waals surface area contributed by atoms with Crippen LogP contribution in [-0.2, 0) is 17.9 Å². The summed E-state index contributed by atoms with van der Waals surface area (Å²) < 4.78 is 31.5. The summed E-state index contributed by atoms with van der Waals surface area (Å²) in [4.78, 5) is 13.0. The highest BCUT2D eigenvalue weighted by Gasteiger charge is 2.32. The van der Waals surface area contributed by atoms with Crippen molar-refractivity contribution in [1.82, 2.24) is 4.90 Å². The second kappa shape index (κ2) is 8.45. The number of hydrogen-bond acceptors (Lipinski definition) is 3. The molecular weight excluding hydrogens is 388 g/mol. The molecule has 0 aromatic heterocycles. The van der Waals surface area contributed by atoms with Crippen LogP contribution in [0.2, 0.25) is 5.02 Å². The first kappa shape index (κ1) is 20.6. The third-order valence-electron chi connectivity index (χ3n) is 4.92. The molecule has 3 rings (SSSR count). The SMILES string of the molecule is Cc1cc(CN2CC(C(=O)O)C2)cc(C)c1OCc1ccc(C(F)F)c(Cl)c1. The van der Waals surface area contributed by atoms with Crippen molar-refractivity contribution >= 4 is 17.6 Å². The molecule has 2 aromatic rings. The number of carboxylic acid groups (broad SMARTS) is 1. The van der Waals surface area contributed by atoms with Crippen LogP contribution in [0.1, 0.15) is 34.2 Å². The van der Waals surface area contributed by atoms with Crippen molar-refractivity contribution in [3.05, 3.63) is 63.2 Å². The molecule has 0 radical (unpaired) electrons. The van der Waals surface area contributed by atoms with Crippen LogP contribution in [0.3, 0.4) is 0 Å². The van der Waals surface area contributed by atoms with E-state index in [1.54, 1.807) is 6.07 Å². The number of hydrogen-bond donors (Lipinski definition) is 1. The van der Waals surface area contributed by atoms with Crippen molar-refractivity contribution in [2.24, 2.45) is 5.92 Å². The number of nitrogens with zero attached hydrogens (tertiary/aromatic N) is 1. The number of ether oxygens (including phenoxy) is 1. The van der Waals surface area contributed by atoms with Crippen molar-refractivity contribution in [3.63, 3.8) is 0 Å². The molecule has 1 aliphatic heterocycles. The zero-order valence-electron chi connectivity index (χ0n) is 15.7. The van der Waals surface area contributed by atoms with E-state index in [0.29, 0.717) is 19.6 Å². The van der Waals surface area contributed by atoms with Crippen LogP contribution in [0, 0.1) is 19.8 Å². The van der Waals surface area contributed by atoms with Crippen LogP contribution in [0.25, 0.3) is 0 Å². The molecule has 0 bridgehead atoms. The number of carboxylic acids is 1. The molecule has 0 saturated carbocycles. The monoisotopic (exact) mass is 409 g/mol. The molecule has 2 aromatic carbocycles. The largest absolute Gasteiger partial charge is 0.488 e. The lowest BCUT2D eigenvalue weighted by Crippen LogP contribution is -2.49. The van der Waals surface area contributed by atoms with Gasteiger partial charge in [-0.05, 0) is 42.2 Å². The standard InChI is InChI=1S/C21H22ClF2NO3/c1-12-5-15(8-25-9-16(10-25)21(26)27)6-13(2)19(12)28-11-14-3-4-17(20(23)24)18(22)7-14/h3-7,16,20H,8-11H2,1-2H3,(H,26,27). The molecule has 1 saturated heterocycles. The average molecular weight is 410 g/mol. The fourth-order valence-corrected chi connectivity index (χ4v) is 3.75. The maximum atomic E-state index is 12.8. The quantitative estimate of drug-likeness (QED) is 0.700. The molecule has 0 unspecified atom stereocenters. The minimum atomic E-state index is -2.60. The first-order valence-electron chi connectivity index (χ1n) is 8.99. The smallest absolute Gasteiger partial charge is 0.309 e. The van der Waals surface area contributed by atoms with Gasteiger partial charge in [0.05, 0.1) is 5.92 Å². The van der Waals surface area contributed by atoms with Gasteiger partial charge in [0.1, 0.15) is 12.4 Å². The van der Waals surface area contributed by atoms with E-state index < -0.39 is 12.4 Å². The molecule has 0 amide bonds. The number of carbonyl (C=O) groups is 1. The molecule has 150 valence electrons. The number of likely N-dealkylation sites (tertiary alicyclic amines) is 1. The van der Waals surface area contributed by atoms with Gasteiger partial charge in [0, 0.05) is 30.2 Å². The Morgan fingerprint density at radius 2 is 1.86 bits per heavy atom. The first-order valence-corrected chi connectivity index (χ1v) is 9.37. The van der Waals surface area contributed by atoms with Gasteiger partial charge < -0.3 is 9.84 Å². The number of alkyl halides is 2. The normalized spacial score (nSPS) is 14.9. The summed E-state index contributed by atoms with van der Waals surface area (Å²) in [6.45, 7) is 5.99. The number of aryl methyl sites for hydroxylation is 2. The molecule has 28 heavy (non-hydrogen) atoms. The highest BCUT2D eigenvalue weighted by atomic mass is 35.5. The van der Waals surface area contributed by atoms with Crippen LogP contribution < -0.4 is 4.74 Å². The van der Waals surface area contributed by atoms with Gasteiger partial charge in [0.15, 0.2) is 0 Å². The van der Waals surface area contributed by atoms with Crippen LogP contribution in [0.5, 0.6) is 5.75 Å². The van der Waals surface area contributed by atoms with Crippen LogP contribution in [0.4, 0.5) is 8.78 Å². The minimum Gasteiger partial charge on any atom is -0.488 e. The van der Waals surface area contributed by atoms with E-state index in [1.165, 1.54) is 12.1 Å².